The quantitative estimate of drug-likeness (QED) is 0.509. The zero-order valence-corrected chi connectivity index (χ0v) is 15.5. The Morgan fingerprint density at radius 2 is 1.59 bits per heavy atom. The van der Waals surface area contributed by atoms with Crippen molar-refractivity contribution in [2.24, 2.45) is 0 Å². The second-order valence-electron chi connectivity index (χ2n) is 5.87. The predicted molar refractivity (Wildman–Crippen MR) is 105 cm³/mol. The summed E-state index contributed by atoms with van der Waals surface area (Å²) in [5.41, 5.74) is 2.34. The third-order valence-electron chi connectivity index (χ3n) is 3.91. The Labute approximate surface area is 165 Å². The minimum atomic E-state index is -0.429. The molecule has 0 saturated carbocycles. The van der Waals surface area contributed by atoms with Crippen molar-refractivity contribution in [1.29, 1.82) is 0 Å². The number of rotatable bonds is 6. The molecule has 0 unspecified atom stereocenters. The van der Waals surface area contributed by atoms with Gasteiger partial charge in [0.1, 0.15) is 11.6 Å². The van der Waals surface area contributed by atoms with Crippen molar-refractivity contribution in [2.45, 2.75) is 0 Å². The first kappa shape index (κ1) is 18.3. The van der Waals surface area contributed by atoms with Gasteiger partial charge in [0.2, 0.25) is 5.95 Å². The number of fused-ring (bicyclic) bond motifs is 1. The maximum Gasteiger partial charge on any atom is 0.256 e. The van der Waals surface area contributed by atoms with Gasteiger partial charge < -0.3 is 20.1 Å². The molecule has 146 valence electrons. The van der Waals surface area contributed by atoms with Gasteiger partial charge in [0, 0.05) is 18.3 Å². The minimum absolute atomic E-state index is 0.359. The summed E-state index contributed by atoms with van der Waals surface area (Å²) in [6.45, 7) is 0. The summed E-state index contributed by atoms with van der Waals surface area (Å²) in [5.74, 6) is 1.34. The summed E-state index contributed by atoms with van der Waals surface area (Å²) in [5, 5.41) is 6.19. The molecule has 0 atom stereocenters. The van der Waals surface area contributed by atoms with Crippen molar-refractivity contribution in [3.8, 4) is 11.6 Å². The van der Waals surface area contributed by atoms with Crippen molar-refractivity contribution in [3.05, 3.63) is 54.9 Å². The second-order valence-corrected chi connectivity index (χ2v) is 5.87. The Morgan fingerprint density at radius 3 is 2.41 bits per heavy atom. The molecule has 29 heavy (non-hydrogen) atoms. The van der Waals surface area contributed by atoms with Crippen LogP contribution in [0.4, 0.5) is 27.5 Å². The fourth-order valence-electron chi connectivity index (χ4n) is 2.61. The van der Waals surface area contributed by atoms with E-state index in [9.17, 15) is 4.39 Å². The monoisotopic (exact) mass is 393 g/mol. The summed E-state index contributed by atoms with van der Waals surface area (Å²) < 4.78 is 23.6. The number of methoxy groups -OCH3 is 2. The number of halogens is 1. The van der Waals surface area contributed by atoms with Crippen molar-refractivity contribution in [3.63, 3.8) is 0 Å². The van der Waals surface area contributed by atoms with Gasteiger partial charge in [-0.3, -0.25) is 9.97 Å². The van der Waals surface area contributed by atoms with Crippen molar-refractivity contribution >= 4 is 34.2 Å². The van der Waals surface area contributed by atoms with E-state index in [1.165, 1.54) is 20.3 Å². The maximum atomic E-state index is 13.2. The largest absolute Gasteiger partial charge is 0.491 e. The van der Waals surface area contributed by atoms with E-state index >= 15 is 0 Å². The highest BCUT2D eigenvalue weighted by Crippen LogP contribution is 2.28. The zero-order valence-electron chi connectivity index (χ0n) is 15.5. The molecular formula is C19H16FN7O2. The Kier molecular flexibility index (Phi) is 4.97. The maximum absolute atomic E-state index is 13.2. The molecule has 0 aliphatic rings. The van der Waals surface area contributed by atoms with Crippen molar-refractivity contribution in [2.75, 3.05) is 24.9 Å². The van der Waals surface area contributed by atoms with Gasteiger partial charge in [0.05, 0.1) is 55.2 Å². The van der Waals surface area contributed by atoms with Crippen LogP contribution < -0.4 is 20.1 Å². The summed E-state index contributed by atoms with van der Waals surface area (Å²) >= 11 is 0. The molecule has 4 rings (SSSR count). The number of hydrogen-bond acceptors (Lipinski definition) is 9. The Morgan fingerprint density at radius 1 is 0.828 bits per heavy atom. The number of anilines is 4. The lowest BCUT2D eigenvalue weighted by Gasteiger charge is -2.10. The van der Waals surface area contributed by atoms with Crippen LogP contribution in [0.15, 0.2) is 49.1 Å². The van der Waals surface area contributed by atoms with E-state index in [1.807, 2.05) is 0 Å². The topological polar surface area (TPSA) is 107 Å². The molecule has 0 bridgehead atoms. The molecule has 0 aromatic carbocycles. The molecule has 0 aliphatic carbocycles. The van der Waals surface area contributed by atoms with Gasteiger partial charge in [-0.1, -0.05) is 0 Å². The highest BCUT2D eigenvalue weighted by atomic mass is 19.1. The van der Waals surface area contributed by atoms with Crippen LogP contribution in [0.25, 0.3) is 11.0 Å². The van der Waals surface area contributed by atoms with E-state index in [1.54, 1.807) is 36.8 Å². The Bertz CT molecular complexity index is 1170. The molecule has 4 heterocycles. The number of pyridine rings is 3. The molecule has 2 N–H and O–H groups in total. The number of nitrogens with one attached hydrogen (secondary N) is 2. The van der Waals surface area contributed by atoms with Crippen molar-refractivity contribution in [1.82, 2.24) is 24.9 Å². The van der Waals surface area contributed by atoms with E-state index < -0.39 is 5.82 Å². The van der Waals surface area contributed by atoms with Gasteiger partial charge in [0.25, 0.3) is 5.88 Å². The van der Waals surface area contributed by atoms with Crippen LogP contribution >= 0.6 is 0 Å². The first-order valence-electron chi connectivity index (χ1n) is 8.51. The van der Waals surface area contributed by atoms with E-state index in [-0.39, 0.29) is 0 Å². The number of ether oxygens (including phenoxy) is 2. The minimum Gasteiger partial charge on any atom is -0.491 e. The molecule has 0 aliphatic heterocycles. The molecule has 0 saturated heterocycles. The molecule has 0 radical (unpaired) electrons. The molecule has 9 nitrogen and oxygen atoms in total. The molecule has 0 amide bonds. The summed E-state index contributed by atoms with van der Waals surface area (Å²) in [4.78, 5) is 21.0. The smallest absolute Gasteiger partial charge is 0.256 e. The molecule has 4 aromatic heterocycles. The number of nitrogens with zero attached hydrogens (tertiary/aromatic N) is 5. The van der Waals surface area contributed by atoms with E-state index in [4.69, 9.17) is 9.47 Å². The van der Waals surface area contributed by atoms with Crippen LogP contribution in [0, 0.1) is 5.82 Å². The lowest BCUT2D eigenvalue weighted by Crippen LogP contribution is -2.02. The van der Waals surface area contributed by atoms with Crippen LogP contribution in [-0.4, -0.2) is 39.1 Å². The van der Waals surface area contributed by atoms with Crippen LogP contribution in [0.3, 0.4) is 0 Å². The van der Waals surface area contributed by atoms with Gasteiger partial charge in [-0.05, 0) is 12.1 Å². The molecule has 0 fully saturated rings. The van der Waals surface area contributed by atoms with Gasteiger partial charge in [0.15, 0.2) is 5.75 Å². The lowest BCUT2D eigenvalue weighted by molar-refractivity contribution is 0.343. The standard InChI is InChI=1S/C19H16FN7O2/c1-28-16-7-13(10-24-18(16)29-2)26-19-21-4-3-17(27-19)25-12-6-15-14(23-9-12)5-11(20)8-22-15/h3-10H,1-2H3,(H2,21,25,26,27). The predicted octanol–water partition coefficient (Wildman–Crippen LogP) is 3.46. The SMILES string of the molecule is COc1cc(Nc2nccc(Nc3cnc4cc(F)cnc4c3)n2)cnc1OC. The highest BCUT2D eigenvalue weighted by molar-refractivity contribution is 5.78. The normalized spacial score (nSPS) is 10.6. The van der Waals surface area contributed by atoms with Gasteiger partial charge in [-0.2, -0.15) is 4.98 Å². The average molecular weight is 393 g/mol. The average Bonchev–Trinajstić information content (AvgIpc) is 2.74. The molecule has 10 heteroatoms. The van der Waals surface area contributed by atoms with E-state index in [0.717, 1.165) is 6.20 Å². The molecule has 4 aromatic rings. The highest BCUT2D eigenvalue weighted by Gasteiger charge is 2.08. The van der Waals surface area contributed by atoms with Crippen LogP contribution in [-0.2, 0) is 0 Å². The van der Waals surface area contributed by atoms with Crippen LogP contribution in [0.2, 0.25) is 0 Å². The fraction of sp³-hybridized carbons (Fsp3) is 0.105. The fourth-order valence-corrected chi connectivity index (χ4v) is 2.61. The lowest BCUT2D eigenvalue weighted by atomic mass is 10.3. The Hall–Kier alpha value is -4.08. The summed E-state index contributed by atoms with van der Waals surface area (Å²) in [6.07, 6.45) is 5.92. The first-order valence-corrected chi connectivity index (χ1v) is 8.51. The van der Waals surface area contributed by atoms with Gasteiger partial charge in [-0.15, -0.1) is 0 Å². The zero-order chi connectivity index (χ0) is 20.2. The van der Waals surface area contributed by atoms with E-state index in [2.05, 4.69) is 35.6 Å². The van der Waals surface area contributed by atoms with Gasteiger partial charge >= 0.3 is 0 Å². The summed E-state index contributed by atoms with van der Waals surface area (Å²) in [6, 6.07) is 6.53. The van der Waals surface area contributed by atoms with Crippen LogP contribution in [0.1, 0.15) is 0 Å². The number of aromatic nitrogens is 5. The third-order valence-corrected chi connectivity index (χ3v) is 3.91. The van der Waals surface area contributed by atoms with Crippen molar-refractivity contribution < 1.29 is 13.9 Å². The molecule has 0 spiro atoms. The van der Waals surface area contributed by atoms with E-state index in [0.29, 0.717) is 45.8 Å². The van der Waals surface area contributed by atoms with Gasteiger partial charge in [-0.25, -0.2) is 14.4 Å². The Balaban J connectivity index is 1.54. The summed E-state index contributed by atoms with van der Waals surface area (Å²) in [7, 11) is 3.05. The number of hydrogen-bond donors (Lipinski definition) is 2. The molecular weight excluding hydrogens is 377 g/mol. The third kappa shape index (κ3) is 4.10. The second kappa shape index (κ2) is 7.89. The first-order chi connectivity index (χ1) is 14.1. The van der Waals surface area contributed by atoms with Crippen LogP contribution in [0.5, 0.6) is 11.6 Å².